The summed E-state index contributed by atoms with van der Waals surface area (Å²) in [5.74, 6) is 0.0765. The molecule has 0 saturated carbocycles. The van der Waals surface area contributed by atoms with Gasteiger partial charge >= 0.3 is 0 Å². The molecule has 0 radical (unpaired) electrons. The van der Waals surface area contributed by atoms with Gasteiger partial charge in [-0.2, -0.15) is 0 Å². The summed E-state index contributed by atoms with van der Waals surface area (Å²) in [6.07, 6.45) is 0.636. The predicted octanol–water partition coefficient (Wildman–Crippen LogP) is 4.02. The topological polar surface area (TPSA) is 74.8 Å². The van der Waals surface area contributed by atoms with E-state index < -0.39 is 0 Å². The first-order chi connectivity index (χ1) is 11.8. The second-order valence-corrected chi connectivity index (χ2v) is 7.59. The van der Waals surface area contributed by atoms with Crippen molar-refractivity contribution < 1.29 is 4.79 Å². The normalized spacial score (nSPS) is 12.2. The molecule has 0 fully saturated rings. The first-order valence-electron chi connectivity index (χ1n) is 8.46. The van der Waals surface area contributed by atoms with Gasteiger partial charge in [-0.3, -0.25) is 9.59 Å². The highest BCUT2D eigenvalue weighted by Crippen LogP contribution is 2.26. The number of hydrogen-bond acceptors (Lipinski definition) is 4. The molecule has 6 heteroatoms. The summed E-state index contributed by atoms with van der Waals surface area (Å²) in [5.41, 5.74) is 3.45. The van der Waals surface area contributed by atoms with Gasteiger partial charge in [0.2, 0.25) is 5.91 Å². The van der Waals surface area contributed by atoms with Gasteiger partial charge in [0.05, 0.1) is 10.9 Å². The van der Waals surface area contributed by atoms with Crippen molar-refractivity contribution in [3.63, 3.8) is 0 Å². The quantitative estimate of drug-likeness (QED) is 0.603. The predicted molar refractivity (Wildman–Crippen MR) is 103 cm³/mol. The number of carbonyl (C=O) groups is 1. The molecule has 25 heavy (non-hydrogen) atoms. The molecule has 134 valence electrons. The van der Waals surface area contributed by atoms with Gasteiger partial charge in [0, 0.05) is 11.8 Å². The van der Waals surface area contributed by atoms with Crippen LogP contribution in [-0.2, 0) is 4.79 Å². The van der Waals surface area contributed by atoms with E-state index >= 15 is 0 Å². The molecule has 5 nitrogen and oxygen atoms in total. The molecule has 0 aliphatic carbocycles. The number of carbonyl (C=O) groups excluding carboxylic acids is 1. The lowest BCUT2D eigenvalue weighted by Crippen LogP contribution is -2.26. The van der Waals surface area contributed by atoms with Gasteiger partial charge in [0.1, 0.15) is 0 Å². The Morgan fingerprint density at radius 3 is 2.48 bits per heavy atom. The number of anilines is 1. The van der Waals surface area contributed by atoms with Crippen LogP contribution in [0.4, 0.5) is 5.69 Å². The number of thioether (sulfide) groups is 1. The van der Waals surface area contributed by atoms with Crippen molar-refractivity contribution >= 4 is 23.4 Å². The van der Waals surface area contributed by atoms with Crippen LogP contribution in [0, 0.1) is 13.8 Å². The number of H-pyrrole nitrogens is 1. The smallest absolute Gasteiger partial charge is 0.251 e. The standard InChI is InChI=1S/C19H25N3O2S/c1-6-15(18(24)22-17-12(4)8-7-9-13(17)5)25-19-20-14(11(2)3)10-16(23)21-19/h7-11,15H,6H2,1-5H3,(H,22,24)(H,20,21,23). The molecule has 0 aliphatic heterocycles. The third kappa shape index (κ3) is 4.95. The highest BCUT2D eigenvalue weighted by Gasteiger charge is 2.21. The number of aromatic nitrogens is 2. The summed E-state index contributed by atoms with van der Waals surface area (Å²) in [5, 5.41) is 3.18. The average Bonchev–Trinajstić information content (AvgIpc) is 2.55. The van der Waals surface area contributed by atoms with E-state index in [1.807, 2.05) is 52.8 Å². The maximum Gasteiger partial charge on any atom is 0.251 e. The van der Waals surface area contributed by atoms with Crippen molar-refractivity contribution in [3.8, 4) is 0 Å². The van der Waals surface area contributed by atoms with E-state index in [0.29, 0.717) is 11.6 Å². The van der Waals surface area contributed by atoms with Gasteiger partial charge < -0.3 is 10.3 Å². The van der Waals surface area contributed by atoms with E-state index in [0.717, 1.165) is 22.5 Å². The molecule has 1 aromatic carbocycles. The number of amides is 1. The largest absolute Gasteiger partial charge is 0.325 e. The van der Waals surface area contributed by atoms with Crippen molar-refractivity contribution in [1.82, 2.24) is 9.97 Å². The van der Waals surface area contributed by atoms with Crippen LogP contribution in [-0.4, -0.2) is 21.1 Å². The average molecular weight is 359 g/mol. The van der Waals surface area contributed by atoms with Gasteiger partial charge in [0.15, 0.2) is 5.16 Å². The van der Waals surface area contributed by atoms with Crippen molar-refractivity contribution in [1.29, 1.82) is 0 Å². The molecule has 1 amide bonds. The summed E-state index contributed by atoms with van der Waals surface area (Å²) in [6.45, 7) is 9.87. The molecular weight excluding hydrogens is 334 g/mol. The molecule has 2 N–H and O–H groups in total. The lowest BCUT2D eigenvalue weighted by Gasteiger charge is -2.17. The number of aromatic amines is 1. The molecule has 0 spiro atoms. The Labute approximate surface area is 152 Å². The maximum absolute atomic E-state index is 12.7. The van der Waals surface area contributed by atoms with E-state index in [1.165, 1.54) is 17.8 Å². The fourth-order valence-electron chi connectivity index (χ4n) is 2.48. The minimum atomic E-state index is -0.329. The lowest BCUT2D eigenvalue weighted by molar-refractivity contribution is -0.115. The molecule has 1 atom stereocenters. The number of nitrogens with zero attached hydrogens (tertiary/aromatic N) is 1. The van der Waals surface area contributed by atoms with Crippen LogP contribution >= 0.6 is 11.8 Å². The van der Waals surface area contributed by atoms with E-state index in [-0.39, 0.29) is 22.6 Å². The first-order valence-corrected chi connectivity index (χ1v) is 9.34. The number of nitrogens with one attached hydrogen (secondary N) is 2. The third-order valence-electron chi connectivity index (χ3n) is 3.98. The van der Waals surface area contributed by atoms with Gasteiger partial charge in [-0.05, 0) is 37.3 Å². The van der Waals surface area contributed by atoms with Crippen molar-refractivity contribution in [3.05, 3.63) is 51.4 Å². The number of para-hydroxylation sites is 1. The van der Waals surface area contributed by atoms with E-state index in [9.17, 15) is 9.59 Å². The third-order valence-corrected chi connectivity index (χ3v) is 5.23. The Balaban J connectivity index is 2.20. The maximum atomic E-state index is 12.7. The zero-order valence-corrected chi connectivity index (χ0v) is 16.2. The lowest BCUT2D eigenvalue weighted by atomic mass is 10.1. The Morgan fingerprint density at radius 2 is 1.92 bits per heavy atom. The summed E-state index contributed by atoms with van der Waals surface area (Å²) in [6, 6.07) is 7.43. The Bertz CT molecular complexity index is 794. The van der Waals surface area contributed by atoms with Gasteiger partial charge in [-0.1, -0.05) is 50.7 Å². The minimum absolute atomic E-state index is 0.0810. The minimum Gasteiger partial charge on any atom is -0.325 e. The Morgan fingerprint density at radius 1 is 1.28 bits per heavy atom. The molecule has 0 aliphatic rings. The fraction of sp³-hybridized carbons (Fsp3) is 0.421. The van der Waals surface area contributed by atoms with Crippen LogP contribution in [0.1, 0.15) is 49.9 Å². The molecule has 1 aromatic heterocycles. The molecule has 0 saturated heterocycles. The summed E-state index contributed by atoms with van der Waals surface area (Å²) in [7, 11) is 0. The van der Waals surface area contributed by atoms with Crippen LogP contribution in [0.5, 0.6) is 0 Å². The van der Waals surface area contributed by atoms with Crippen LogP contribution in [0.25, 0.3) is 0 Å². The summed E-state index contributed by atoms with van der Waals surface area (Å²) >= 11 is 1.29. The second kappa shape index (κ2) is 8.34. The van der Waals surface area contributed by atoms with Crippen LogP contribution in [0.3, 0.4) is 0 Å². The SMILES string of the molecule is CCC(Sc1nc(C(C)C)cc(=O)[nH]1)C(=O)Nc1c(C)cccc1C. The Hall–Kier alpha value is -2.08. The van der Waals surface area contributed by atoms with Gasteiger partial charge in [-0.25, -0.2) is 4.98 Å². The number of rotatable bonds is 6. The van der Waals surface area contributed by atoms with Crippen molar-refractivity contribution in [2.75, 3.05) is 5.32 Å². The zero-order chi connectivity index (χ0) is 18.6. The van der Waals surface area contributed by atoms with Crippen molar-refractivity contribution in [2.24, 2.45) is 0 Å². The number of benzene rings is 1. The van der Waals surface area contributed by atoms with E-state index in [1.54, 1.807) is 0 Å². The van der Waals surface area contributed by atoms with Crippen LogP contribution in [0.2, 0.25) is 0 Å². The first kappa shape index (κ1) is 19.2. The number of aryl methyl sites for hydroxylation is 2. The molecular formula is C19H25N3O2S. The Kier molecular flexibility index (Phi) is 6.42. The molecule has 1 heterocycles. The second-order valence-electron chi connectivity index (χ2n) is 6.40. The van der Waals surface area contributed by atoms with E-state index in [2.05, 4.69) is 15.3 Å². The van der Waals surface area contributed by atoms with Crippen molar-refractivity contribution in [2.45, 2.75) is 57.4 Å². The molecule has 0 bridgehead atoms. The molecule has 1 unspecified atom stereocenters. The summed E-state index contributed by atoms with van der Waals surface area (Å²) < 4.78 is 0. The number of hydrogen-bond donors (Lipinski definition) is 2. The van der Waals surface area contributed by atoms with Gasteiger partial charge in [-0.15, -0.1) is 0 Å². The van der Waals surface area contributed by atoms with Crippen LogP contribution in [0.15, 0.2) is 34.2 Å². The molecule has 2 aromatic rings. The summed E-state index contributed by atoms with van der Waals surface area (Å²) in [4.78, 5) is 31.7. The van der Waals surface area contributed by atoms with Crippen LogP contribution < -0.4 is 10.9 Å². The van der Waals surface area contributed by atoms with Gasteiger partial charge in [0.25, 0.3) is 5.56 Å². The van der Waals surface area contributed by atoms with E-state index in [4.69, 9.17) is 0 Å². The highest BCUT2D eigenvalue weighted by molar-refractivity contribution is 8.00. The fourth-order valence-corrected chi connectivity index (χ4v) is 3.40. The highest BCUT2D eigenvalue weighted by atomic mass is 32.2. The monoisotopic (exact) mass is 359 g/mol. The zero-order valence-electron chi connectivity index (χ0n) is 15.3. The molecule has 2 rings (SSSR count).